The molecule has 0 radical (unpaired) electrons. The standard InChI is InChI=1S/C17H16N2O5S/c1-18-25(22,23)11-4-5-14-12(9-11)13(17(21)19-14)7-10-3-6-16(24-2)15(20)8-10/h3-9,18,20H,1-2H3,(H,19,21). The largest absolute Gasteiger partial charge is 0.504 e. The van der Waals surface area contributed by atoms with Crippen LogP contribution in [0.15, 0.2) is 41.3 Å². The maximum atomic E-state index is 12.2. The zero-order chi connectivity index (χ0) is 18.2. The number of fused-ring (bicyclic) bond motifs is 1. The van der Waals surface area contributed by atoms with Gasteiger partial charge in [0.15, 0.2) is 11.5 Å². The molecule has 0 aromatic heterocycles. The first-order valence-corrected chi connectivity index (χ1v) is 8.82. The predicted octanol–water partition coefficient (Wildman–Crippen LogP) is 1.80. The number of aromatic hydroxyl groups is 1. The number of hydrogen-bond acceptors (Lipinski definition) is 5. The van der Waals surface area contributed by atoms with Crippen molar-refractivity contribution in [3.8, 4) is 11.5 Å². The third-order valence-electron chi connectivity index (χ3n) is 3.87. The van der Waals surface area contributed by atoms with Crippen LogP contribution in [0.2, 0.25) is 0 Å². The molecule has 0 atom stereocenters. The number of anilines is 1. The molecule has 1 aliphatic rings. The van der Waals surface area contributed by atoms with E-state index in [4.69, 9.17) is 4.74 Å². The maximum Gasteiger partial charge on any atom is 0.256 e. The van der Waals surface area contributed by atoms with Gasteiger partial charge >= 0.3 is 0 Å². The smallest absolute Gasteiger partial charge is 0.256 e. The first-order valence-electron chi connectivity index (χ1n) is 7.34. The van der Waals surface area contributed by atoms with Crippen LogP contribution < -0.4 is 14.8 Å². The molecule has 25 heavy (non-hydrogen) atoms. The lowest BCUT2D eigenvalue weighted by atomic mass is 10.0. The summed E-state index contributed by atoms with van der Waals surface area (Å²) in [4.78, 5) is 12.3. The van der Waals surface area contributed by atoms with Crippen LogP contribution >= 0.6 is 0 Å². The van der Waals surface area contributed by atoms with Crippen molar-refractivity contribution < 1.29 is 23.1 Å². The molecule has 130 valence electrons. The molecule has 3 rings (SSSR count). The van der Waals surface area contributed by atoms with Crippen molar-refractivity contribution in [2.24, 2.45) is 0 Å². The molecule has 0 saturated carbocycles. The Morgan fingerprint density at radius 2 is 1.96 bits per heavy atom. The van der Waals surface area contributed by atoms with Crippen molar-refractivity contribution in [2.75, 3.05) is 19.5 Å². The molecule has 7 nitrogen and oxygen atoms in total. The van der Waals surface area contributed by atoms with Crippen LogP contribution in [0.25, 0.3) is 11.6 Å². The molecule has 1 heterocycles. The lowest BCUT2D eigenvalue weighted by Crippen LogP contribution is -2.18. The number of amides is 1. The number of ether oxygens (including phenoxy) is 1. The minimum absolute atomic E-state index is 0.0537. The summed E-state index contributed by atoms with van der Waals surface area (Å²) >= 11 is 0. The van der Waals surface area contributed by atoms with Crippen LogP contribution in [-0.4, -0.2) is 33.6 Å². The van der Waals surface area contributed by atoms with E-state index in [1.54, 1.807) is 24.3 Å². The first-order chi connectivity index (χ1) is 11.9. The summed E-state index contributed by atoms with van der Waals surface area (Å²) in [6.07, 6.45) is 1.58. The molecule has 0 spiro atoms. The molecule has 0 saturated heterocycles. The van der Waals surface area contributed by atoms with E-state index in [-0.39, 0.29) is 16.6 Å². The normalized spacial score (nSPS) is 15.1. The highest BCUT2D eigenvalue weighted by Gasteiger charge is 2.26. The number of sulfonamides is 1. The second kappa shape index (κ2) is 6.23. The topological polar surface area (TPSA) is 105 Å². The molecule has 2 aromatic rings. The fraction of sp³-hybridized carbons (Fsp3) is 0.118. The minimum atomic E-state index is -3.62. The average Bonchev–Trinajstić information content (AvgIpc) is 2.90. The second-order valence-electron chi connectivity index (χ2n) is 5.36. The predicted molar refractivity (Wildman–Crippen MR) is 93.8 cm³/mol. The lowest BCUT2D eigenvalue weighted by Gasteiger charge is -2.06. The van der Waals surface area contributed by atoms with Gasteiger partial charge < -0.3 is 15.2 Å². The van der Waals surface area contributed by atoms with Gasteiger partial charge in [-0.3, -0.25) is 4.79 Å². The third kappa shape index (κ3) is 3.09. The van der Waals surface area contributed by atoms with E-state index in [9.17, 15) is 18.3 Å². The molecule has 0 unspecified atom stereocenters. The quantitative estimate of drug-likeness (QED) is 0.721. The van der Waals surface area contributed by atoms with Gasteiger partial charge in [-0.25, -0.2) is 13.1 Å². The Morgan fingerprint density at radius 3 is 2.60 bits per heavy atom. The SMILES string of the molecule is CNS(=O)(=O)c1ccc2c(c1)C(=Cc1ccc(OC)c(O)c1)C(=O)N2. The fourth-order valence-electron chi connectivity index (χ4n) is 2.56. The lowest BCUT2D eigenvalue weighted by molar-refractivity contribution is -0.110. The van der Waals surface area contributed by atoms with Crippen molar-refractivity contribution in [1.29, 1.82) is 0 Å². The zero-order valence-electron chi connectivity index (χ0n) is 13.5. The summed E-state index contributed by atoms with van der Waals surface area (Å²) in [7, 11) is -0.858. The minimum Gasteiger partial charge on any atom is -0.504 e. The van der Waals surface area contributed by atoms with Crippen molar-refractivity contribution in [2.45, 2.75) is 4.90 Å². The number of benzene rings is 2. The Hall–Kier alpha value is -2.84. The molecule has 2 aromatic carbocycles. The molecule has 0 aliphatic carbocycles. The molecular formula is C17H16N2O5S. The van der Waals surface area contributed by atoms with Crippen molar-refractivity contribution in [3.05, 3.63) is 47.5 Å². The monoisotopic (exact) mass is 360 g/mol. The summed E-state index contributed by atoms with van der Waals surface area (Å²) in [5, 5.41) is 12.6. The van der Waals surface area contributed by atoms with E-state index in [1.807, 2.05) is 0 Å². The van der Waals surface area contributed by atoms with Gasteiger partial charge in [0, 0.05) is 16.8 Å². The van der Waals surface area contributed by atoms with Crippen LogP contribution in [0.3, 0.4) is 0 Å². The number of methoxy groups -OCH3 is 1. The Kier molecular flexibility index (Phi) is 4.23. The van der Waals surface area contributed by atoms with E-state index in [0.717, 1.165) is 0 Å². The van der Waals surface area contributed by atoms with E-state index in [1.165, 1.54) is 32.4 Å². The van der Waals surface area contributed by atoms with Gasteiger partial charge in [-0.2, -0.15) is 0 Å². The summed E-state index contributed by atoms with van der Waals surface area (Å²) < 4.78 is 31.2. The van der Waals surface area contributed by atoms with E-state index >= 15 is 0 Å². The van der Waals surface area contributed by atoms with Gasteiger partial charge in [0.25, 0.3) is 5.91 Å². The number of carbonyl (C=O) groups is 1. The molecule has 8 heteroatoms. The average molecular weight is 360 g/mol. The summed E-state index contributed by atoms with van der Waals surface area (Å²) in [6, 6.07) is 9.14. The van der Waals surface area contributed by atoms with Gasteiger partial charge in [-0.1, -0.05) is 6.07 Å². The van der Waals surface area contributed by atoms with Crippen LogP contribution in [0, 0.1) is 0 Å². The van der Waals surface area contributed by atoms with Gasteiger partial charge in [0.1, 0.15) is 0 Å². The number of hydrogen-bond donors (Lipinski definition) is 3. The molecule has 0 bridgehead atoms. The van der Waals surface area contributed by atoms with Crippen LogP contribution in [0.4, 0.5) is 5.69 Å². The summed E-state index contributed by atoms with van der Waals surface area (Å²) in [6.45, 7) is 0. The van der Waals surface area contributed by atoms with Gasteiger partial charge in [0.2, 0.25) is 10.0 Å². The second-order valence-corrected chi connectivity index (χ2v) is 7.24. The number of phenolic OH excluding ortho intramolecular Hbond substituents is 1. The Balaban J connectivity index is 2.09. The third-order valence-corrected chi connectivity index (χ3v) is 5.28. The number of phenols is 1. The number of nitrogens with one attached hydrogen (secondary N) is 2. The summed E-state index contributed by atoms with van der Waals surface area (Å²) in [5.74, 6) is -0.0767. The molecule has 1 amide bonds. The van der Waals surface area contributed by atoms with Crippen LogP contribution in [0.5, 0.6) is 11.5 Å². The Bertz CT molecular complexity index is 996. The van der Waals surface area contributed by atoms with E-state index < -0.39 is 10.0 Å². The van der Waals surface area contributed by atoms with Gasteiger partial charge in [-0.15, -0.1) is 0 Å². The highest BCUT2D eigenvalue weighted by Crippen LogP contribution is 2.36. The molecule has 1 aliphatic heterocycles. The van der Waals surface area contributed by atoms with Gasteiger partial charge in [0.05, 0.1) is 12.0 Å². The van der Waals surface area contributed by atoms with E-state index in [2.05, 4.69) is 10.0 Å². The number of rotatable bonds is 4. The Labute approximate surface area is 145 Å². The summed E-state index contributed by atoms with van der Waals surface area (Å²) in [5.41, 5.74) is 1.91. The fourth-order valence-corrected chi connectivity index (χ4v) is 3.31. The first kappa shape index (κ1) is 17.0. The molecule has 3 N–H and O–H groups in total. The Morgan fingerprint density at radius 1 is 1.20 bits per heavy atom. The van der Waals surface area contributed by atoms with Crippen molar-refractivity contribution in [1.82, 2.24) is 4.72 Å². The molecular weight excluding hydrogens is 344 g/mol. The van der Waals surface area contributed by atoms with E-state index in [0.29, 0.717) is 28.1 Å². The van der Waals surface area contributed by atoms with Crippen LogP contribution in [0.1, 0.15) is 11.1 Å². The van der Waals surface area contributed by atoms with Crippen molar-refractivity contribution >= 4 is 33.3 Å². The van der Waals surface area contributed by atoms with Crippen LogP contribution in [-0.2, 0) is 14.8 Å². The molecule has 0 fully saturated rings. The van der Waals surface area contributed by atoms with Crippen molar-refractivity contribution in [3.63, 3.8) is 0 Å². The number of carbonyl (C=O) groups excluding carboxylic acids is 1. The highest BCUT2D eigenvalue weighted by atomic mass is 32.2. The highest BCUT2D eigenvalue weighted by molar-refractivity contribution is 7.89. The van der Waals surface area contributed by atoms with Gasteiger partial charge in [-0.05, 0) is 49.0 Å². The maximum absolute atomic E-state index is 12.2. The zero-order valence-corrected chi connectivity index (χ0v) is 14.3.